The molecule has 188 valence electrons. The number of para-hydroxylation sites is 4. The van der Waals surface area contributed by atoms with Crippen molar-refractivity contribution in [2.45, 2.75) is 6.42 Å². The van der Waals surface area contributed by atoms with Crippen molar-refractivity contribution in [3.63, 3.8) is 0 Å². The average molecular weight is 513 g/mol. The van der Waals surface area contributed by atoms with Gasteiger partial charge in [-0.2, -0.15) is 0 Å². The lowest BCUT2D eigenvalue weighted by Gasteiger charge is -2.35. The molecule has 9 rings (SSSR count). The summed E-state index contributed by atoms with van der Waals surface area (Å²) in [5, 5.41) is 5.01. The third kappa shape index (κ3) is 2.95. The summed E-state index contributed by atoms with van der Waals surface area (Å²) in [5.41, 5.74) is 9.33. The second kappa shape index (κ2) is 8.11. The van der Waals surface area contributed by atoms with Crippen molar-refractivity contribution >= 4 is 55.7 Å². The number of benzene rings is 6. The van der Waals surface area contributed by atoms with Crippen LogP contribution in [0.1, 0.15) is 11.1 Å². The highest BCUT2D eigenvalue weighted by molar-refractivity contribution is 6.11. The SMILES string of the molecule is C1=Cc2cccc3cc4c(c(c23)C1)Oc1ccccc1N4c1ccc2c(c1)c1ccccc1n2-c1ccccc1. The molecule has 0 saturated heterocycles. The first-order valence-corrected chi connectivity index (χ1v) is 13.8. The van der Waals surface area contributed by atoms with E-state index in [1.54, 1.807) is 0 Å². The van der Waals surface area contributed by atoms with Crippen LogP contribution in [0, 0.1) is 0 Å². The molecular formula is C37H24N2O. The van der Waals surface area contributed by atoms with Gasteiger partial charge in [-0.1, -0.05) is 78.9 Å². The van der Waals surface area contributed by atoms with Gasteiger partial charge in [-0.3, -0.25) is 0 Å². The van der Waals surface area contributed by atoms with E-state index in [0.717, 1.165) is 40.7 Å². The standard InChI is InChI=1S/C37H24N2O/c1-2-13-26(14-3-1)38-31-17-5-4-15-28(31)30-23-27(20-21-32(30)38)39-33-18-6-7-19-35(33)40-37-29-16-9-11-24-10-8-12-25(36(24)29)22-34(37)39/h1-15,17-23H,16H2. The van der Waals surface area contributed by atoms with E-state index in [4.69, 9.17) is 4.74 Å². The minimum absolute atomic E-state index is 0.857. The van der Waals surface area contributed by atoms with E-state index in [-0.39, 0.29) is 0 Å². The molecule has 0 spiro atoms. The molecule has 40 heavy (non-hydrogen) atoms. The van der Waals surface area contributed by atoms with Crippen LogP contribution in [0.2, 0.25) is 0 Å². The maximum absolute atomic E-state index is 6.69. The Bertz CT molecular complexity index is 2170. The molecule has 0 saturated carbocycles. The summed E-state index contributed by atoms with van der Waals surface area (Å²) in [7, 11) is 0. The molecule has 2 heterocycles. The molecule has 0 fully saturated rings. The third-order valence-electron chi connectivity index (χ3n) is 8.34. The second-order valence-electron chi connectivity index (χ2n) is 10.5. The first-order valence-electron chi connectivity index (χ1n) is 13.8. The maximum atomic E-state index is 6.69. The summed E-state index contributed by atoms with van der Waals surface area (Å²) in [4.78, 5) is 2.38. The molecular weight excluding hydrogens is 488 g/mol. The van der Waals surface area contributed by atoms with Gasteiger partial charge in [0, 0.05) is 27.7 Å². The zero-order valence-corrected chi connectivity index (χ0v) is 21.7. The molecule has 3 heteroatoms. The summed E-state index contributed by atoms with van der Waals surface area (Å²) < 4.78 is 9.05. The fourth-order valence-electron chi connectivity index (χ4n) is 6.66. The van der Waals surface area contributed by atoms with Gasteiger partial charge in [0.25, 0.3) is 0 Å². The van der Waals surface area contributed by atoms with E-state index in [1.165, 1.54) is 43.7 Å². The van der Waals surface area contributed by atoms with E-state index in [1.807, 2.05) is 0 Å². The lowest BCUT2D eigenvalue weighted by atomic mass is 9.90. The predicted octanol–water partition coefficient (Wildman–Crippen LogP) is 10.1. The van der Waals surface area contributed by atoms with E-state index in [2.05, 4.69) is 143 Å². The van der Waals surface area contributed by atoms with Gasteiger partial charge < -0.3 is 14.2 Å². The molecule has 1 aromatic heterocycles. The van der Waals surface area contributed by atoms with Crippen molar-refractivity contribution in [3.05, 3.63) is 139 Å². The number of aromatic nitrogens is 1. The van der Waals surface area contributed by atoms with Crippen LogP contribution in [0.3, 0.4) is 0 Å². The fourth-order valence-corrected chi connectivity index (χ4v) is 6.66. The lowest BCUT2D eigenvalue weighted by molar-refractivity contribution is 0.473. The van der Waals surface area contributed by atoms with Gasteiger partial charge in [-0.25, -0.2) is 0 Å². The Morgan fingerprint density at radius 1 is 0.600 bits per heavy atom. The van der Waals surface area contributed by atoms with Crippen LogP contribution < -0.4 is 9.64 Å². The molecule has 3 nitrogen and oxygen atoms in total. The molecule has 0 bridgehead atoms. The smallest absolute Gasteiger partial charge is 0.155 e. The van der Waals surface area contributed by atoms with E-state index in [0.29, 0.717) is 0 Å². The van der Waals surface area contributed by atoms with Gasteiger partial charge in [-0.05, 0) is 77.4 Å². The van der Waals surface area contributed by atoms with E-state index < -0.39 is 0 Å². The van der Waals surface area contributed by atoms with Crippen molar-refractivity contribution in [2.75, 3.05) is 4.90 Å². The monoisotopic (exact) mass is 512 g/mol. The molecule has 1 aliphatic heterocycles. The van der Waals surface area contributed by atoms with Gasteiger partial charge in [0.15, 0.2) is 11.5 Å². The Balaban J connectivity index is 1.34. The van der Waals surface area contributed by atoms with Crippen molar-refractivity contribution in [2.24, 2.45) is 0 Å². The van der Waals surface area contributed by atoms with Crippen molar-refractivity contribution in [3.8, 4) is 17.2 Å². The number of hydrogen-bond donors (Lipinski definition) is 0. The van der Waals surface area contributed by atoms with Crippen LogP contribution in [0.4, 0.5) is 17.1 Å². The molecule has 7 aromatic rings. The van der Waals surface area contributed by atoms with Crippen LogP contribution in [-0.4, -0.2) is 4.57 Å². The van der Waals surface area contributed by atoms with Gasteiger partial charge in [0.1, 0.15) is 0 Å². The van der Waals surface area contributed by atoms with Crippen molar-refractivity contribution in [1.29, 1.82) is 0 Å². The van der Waals surface area contributed by atoms with Gasteiger partial charge in [0.2, 0.25) is 0 Å². The Kier molecular flexibility index (Phi) is 4.39. The molecule has 0 amide bonds. The number of hydrogen-bond acceptors (Lipinski definition) is 2. The van der Waals surface area contributed by atoms with Gasteiger partial charge in [0.05, 0.1) is 22.4 Å². The Labute approximate surface area is 231 Å². The predicted molar refractivity (Wildman–Crippen MR) is 166 cm³/mol. The topological polar surface area (TPSA) is 17.4 Å². The van der Waals surface area contributed by atoms with Crippen LogP contribution in [-0.2, 0) is 6.42 Å². The van der Waals surface area contributed by atoms with Crippen LogP contribution in [0.15, 0.2) is 127 Å². The van der Waals surface area contributed by atoms with E-state index >= 15 is 0 Å². The number of fused-ring (bicyclic) bond motifs is 6. The number of ether oxygens (including phenoxy) is 1. The largest absolute Gasteiger partial charge is 0.453 e. The molecule has 0 atom stereocenters. The fraction of sp³-hybridized carbons (Fsp3) is 0.0270. The highest BCUT2D eigenvalue weighted by Gasteiger charge is 2.30. The van der Waals surface area contributed by atoms with Gasteiger partial charge >= 0.3 is 0 Å². The van der Waals surface area contributed by atoms with Crippen molar-refractivity contribution in [1.82, 2.24) is 4.57 Å². The normalized spacial score (nSPS) is 13.4. The first-order chi connectivity index (χ1) is 19.8. The molecule has 0 N–H and O–H groups in total. The second-order valence-corrected chi connectivity index (χ2v) is 10.5. The number of allylic oxidation sites excluding steroid dienone is 1. The molecule has 0 radical (unpaired) electrons. The first kappa shape index (κ1) is 21.6. The molecule has 6 aromatic carbocycles. The minimum atomic E-state index is 0.857. The van der Waals surface area contributed by atoms with Crippen LogP contribution in [0.5, 0.6) is 11.5 Å². The lowest BCUT2D eigenvalue weighted by Crippen LogP contribution is -2.17. The number of rotatable bonds is 2. The average Bonchev–Trinajstić information content (AvgIpc) is 3.34. The summed E-state index contributed by atoms with van der Waals surface area (Å²) in [6.07, 6.45) is 5.33. The quantitative estimate of drug-likeness (QED) is 0.229. The molecule has 2 aliphatic rings. The van der Waals surface area contributed by atoms with Crippen LogP contribution >= 0.6 is 0 Å². The minimum Gasteiger partial charge on any atom is -0.453 e. The Morgan fingerprint density at radius 3 is 2.38 bits per heavy atom. The Hall–Kier alpha value is -5.28. The summed E-state index contributed by atoms with van der Waals surface area (Å²) in [6, 6.07) is 43.4. The van der Waals surface area contributed by atoms with Crippen LogP contribution in [0.25, 0.3) is 44.3 Å². The summed E-state index contributed by atoms with van der Waals surface area (Å²) in [5.74, 6) is 1.83. The Morgan fingerprint density at radius 2 is 1.43 bits per heavy atom. The number of nitrogens with zero attached hydrogens (tertiary/aromatic N) is 2. The van der Waals surface area contributed by atoms with E-state index in [9.17, 15) is 0 Å². The highest BCUT2D eigenvalue weighted by atomic mass is 16.5. The molecule has 1 aliphatic carbocycles. The third-order valence-corrected chi connectivity index (χ3v) is 8.34. The zero-order chi connectivity index (χ0) is 26.2. The summed E-state index contributed by atoms with van der Waals surface area (Å²) in [6.45, 7) is 0. The molecule has 0 unspecified atom stereocenters. The summed E-state index contributed by atoms with van der Waals surface area (Å²) >= 11 is 0. The number of anilines is 3. The zero-order valence-electron chi connectivity index (χ0n) is 21.7. The highest BCUT2D eigenvalue weighted by Crippen LogP contribution is 2.54. The van der Waals surface area contributed by atoms with Crippen molar-refractivity contribution < 1.29 is 4.74 Å². The maximum Gasteiger partial charge on any atom is 0.155 e. The van der Waals surface area contributed by atoms with Gasteiger partial charge in [-0.15, -0.1) is 0 Å².